The Morgan fingerprint density at radius 3 is 2.24 bits per heavy atom. The number of anilines is 1. The van der Waals surface area contributed by atoms with E-state index in [0.29, 0.717) is 0 Å². The van der Waals surface area contributed by atoms with Gasteiger partial charge in [0, 0.05) is 24.9 Å². The Labute approximate surface area is 113 Å². The molecule has 2 rings (SSSR count). The maximum absolute atomic E-state index is 4.14. The van der Waals surface area contributed by atoms with E-state index in [4.69, 9.17) is 0 Å². The first-order valence-corrected chi connectivity index (χ1v) is 5.00. The summed E-state index contributed by atoms with van der Waals surface area (Å²) in [4.78, 5) is 14.6. The number of aromatic nitrogens is 4. The number of hydrogen-bond donors (Lipinski definition) is 3. The van der Waals surface area contributed by atoms with Gasteiger partial charge in [-0.2, -0.15) is 0 Å². The van der Waals surface area contributed by atoms with E-state index in [1.165, 1.54) is 0 Å². The first-order chi connectivity index (χ1) is 7.24. The van der Waals surface area contributed by atoms with Gasteiger partial charge in [0.2, 0.25) is 0 Å². The lowest BCUT2D eigenvalue weighted by molar-refractivity contribution is 0.961. The van der Waals surface area contributed by atoms with Gasteiger partial charge >= 0.3 is 0 Å². The maximum atomic E-state index is 4.14. The summed E-state index contributed by atoms with van der Waals surface area (Å²) in [5.74, 6) is 2.85. The Bertz CT molecular complexity index is 397. The Kier molecular flexibility index (Phi) is 6.68. The number of halogens is 2. The molecule has 0 atom stereocenters. The molecule has 0 saturated carbocycles. The van der Waals surface area contributed by atoms with Crippen molar-refractivity contribution >= 4 is 30.6 Å². The molecule has 0 unspecified atom stereocenters. The lowest BCUT2D eigenvalue weighted by Crippen LogP contribution is -2.05. The predicted octanol–water partition coefficient (Wildman–Crippen LogP) is 2.25. The zero-order valence-corrected chi connectivity index (χ0v) is 11.4. The SMILES string of the molecule is Cc1ncc(CCNc2cnc(C)[nH]2)[nH]1.Cl.Cl. The van der Waals surface area contributed by atoms with Crippen LogP contribution < -0.4 is 5.32 Å². The fourth-order valence-corrected chi connectivity index (χ4v) is 1.44. The van der Waals surface area contributed by atoms with Crippen molar-refractivity contribution in [3.05, 3.63) is 29.7 Å². The molecule has 17 heavy (non-hydrogen) atoms. The molecule has 3 N–H and O–H groups in total. The van der Waals surface area contributed by atoms with Gasteiger partial charge in [-0.15, -0.1) is 24.8 Å². The minimum Gasteiger partial charge on any atom is -0.370 e. The molecule has 96 valence electrons. The Hall–Kier alpha value is -1.20. The van der Waals surface area contributed by atoms with Crippen molar-refractivity contribution in [3.63, 3.8) is 0 Å². The van der Waals surface area contributed by atoms with E-state index in [9.17, 15) is 0 Å². The third-order valence-electron chi connectivity index (χ3n) is 2.17. The lowest BCUT2D eigenvalue weighted by Gasteiger charge is -2.01. The van der Waals surface area contributed by atoms with Gasteiger partial charge in [0.15, 0.2) is 0 Å². The molecule has 2 aromatic heterocycles. The van der Waals surface area contributed by atoms with Crippen LogP contribution in [0.15, 0.2) is 12.4 Å². The maximum Gasteiger partial charge on any atom is 0.123 e. The van der Waals surface area contributed by atoms with Crippen LogP contribution in [0, 0.1) is 13.8 Å². The number of aryl methyl sites for hydroxylation is 2. The number of imidazole rings is 2. The molecule has 0 bridgehead atoms. The van der Waals surface area contributed by atoms with E-state index in [0.717, 1.165) is 36.1 Å². The van der Waals surface area contributed by atoms with Crippen molar-refractivity contribution in [3.8, 4) is 0 Å². The quantitative estimate of drug-likeness (QED) is 0.803. The van der Waals surface area contributed by atoms with Crippen LogP contribution in [-0.2, 0) is 6.42 Å². The molecule has 0 saturated heterocycles. The van der Waals surface area contributed by atoms with Gasteiger partial charge in [0.25, 0.3) is 0 Å². The first kappa shape index (κ1) is 15.8. The highest BCUT2D eigenvalue weighted by molar-refractivity contribution is 5.85. The van der Waals surface area contributed by atoms with E-state index in [1.807, 2.05) is 20.0 Å². The number of H-pyrrole nitrogens is 2. The topological polar surface area (TPSA) is 69.4 Å². The van der Waals surface area contributed by atoms with Gasteiger partial charge in [-0.1, -0.05) is 0 Å². The van der Waals surface area contributed by atoms with Crippen molar-refractivity contribution in [1.29, 1.82) is 0 Å². The highest BCUT2D eigenvalue weighted by Crippen LogP contribution is 2.02. The minimum atomic E-state index is 0. The van der Waals surface area contributed by atoms with E-state index >= 15 is 0 Å². The number of hydrogen-bond acceptors (Lipinski definition) is 3. The summed E-state index contributed by atoms with van der Waals surface area (Å²) >= 11 is 0. The summed E-state index contributed by atoms with van der Waals surface area (Å²) in [6, 6.07) is 0. The van der Waals surface area contributed by atoms with Gasteiger partial charge in [-0.05, 0) is 13.8 Å². The summed E-state index contributed by atoms with van der Waals surface area (Å²) in [5, 5.41) is 3.26. The Morgan fingerprint density at radius 1 is 1.06 bits per heavy atom. The van der Waals surface area contributed by atoms with Crippen LogP contribution in [0.25, 0.3) is 0 Å². The second-order valence-corrected chi connectivity index (χ2v) is 3.55. The molecule has 5 nitrogen and oxygen atoms in total. The molecule has 2 aromatic rings. The normalized spacial score (nSPS) is 9.29. The third kappa shape index (κ3) is 4.66. The molecule has 0 radical (unpaired) electrons. The highest BCUT2D eigenvalue weighted by Gasteiger charge is 1.98. The molecule has 2 heterocycles. The smallest absolute Gasteiger partial charge is 0.123 e. The Balaban J connectivity index is 0.00000128. The molecule has 0 fully saturated rings. The van der Waals surface area contributed by atoms with Gasteiger partial charge in [-0.3, -0.25) is 0 Å². The van der Waals surface area contributed by atoms with E-state index < -0.39 is 0 Å². The van der Waals surface area contributed by atoms with Crippen LogP contribution in [0.5, 0.6) is 0 Å². The monoisotopic (exact) mass is 277 g/mol. The first-order valence-electron chi connectivity index (χ1n) is 5.00. The summed E-state index contributed by atoms with van der Waals surface area (Å²) in [6.45, 7) is 4.75. The van der Waals surface area contributed by atoms with Gasteiger partial charge in [0.05, 0.1) is 6.20 Å². The molecule has 0 aliphatic heterocycles. The lowest BCUT2D eigenvalue weighted by atomic mass is 10.3. The second kappa shape index (κ2) is 7.19. The second-order valence-electron chi connectivity index (χ2n) is 3.55. The Morgan fingerprint density at radius 2 is 1.71 bits per heavy atom. The van der Waals surface area contributed by atoms with Crippen LogP contribution >= 0.6 is 24.8 Å². The van der Waals surface area contributed by atoms with Crippen LogP contribution in [0.3, 0.4) is 0 Å². The van der Waals surface area contributed by atoms with Crippen LogP contribution in [0.4, 0.5) is 5.82 Å². The van der Waals surface area contributed by atoms with Gasteiger partial charge in [-0.25, -0.2) is 9.97 Å². The van der Waals surface area contributed by atoms with Crippen LogP contribution in [0.2, 0.25) is 0 Å². The molecular weight excluding hydrogens is 261 g/mol. The van der Waals surface area contributed by atoms with Crippen molar-refractivity contribution < 1.29 is 0 Å². The molecule has 0 aliphatic rings. The standard InChI is InChI=1S/C10H15N5.2ClH/c1-7-12-5-9(14-7)3-4-11-10-6-13-8(2)15-10;;/h5-6,11H,3-4H2,1-2H3,(H,12,14)(H,13,15);2*1H. The molecule has 0 aliphatic carbocycles. The molecule has 0 spiro atoms. The highest BCUT2D eigenvalue weighted by atomic mass is 35.5. The fraction of sp³-hybridized carbons (Fsp3) is 0.400. The summed E-state index contributed by atoms with van der Waals surface area (Å²) in [6.07, 6.45) is 4.60. The fourth-order valence-electron chi connectivity index (χ4n) is 1.44. The van der Waals surface area contributed by atoms with Gasteiger partial charge in [0.1, 0.15) is 17.5 Å². The number of nitrogens with zero attached hydrogens (tertiary/aromatic N) is 2. The zero-order valence-electron chi connectivity index (χ0n) is 9.78. The van der Waals surface area contributed by atoms with Crippen LogP contribution in [-0.4, -0.2) is 26.5 Å². The van der Waals surface area contributed by atoms with E-state index in [1.54, 1.807) is 6.20 Å². The molecule has 0 aromatic carbocycles. The van der Waals surface area contributed by atoms with E-state index in [-0.39, 0.29) is 24.8 Å². The molecule has 7 heteroatoms. The largest absolute Gasteiger partial charge is 0.370 e. The predicted molar refractivity (Wildman–Crippen MR) is 73.3 cm³/mol. The zero-order chi connectivity index (χ0) is 10.7. The third-order valence-corrected chi connectivity index (χ3v) is 2.17. The van der Waals surface area contributed by atoms with Gasteiger partial charge < -0.3 is 15.3 Å². The number of rotatable bonds is 4. The average Bonchev–Trinajstić information content (AvgIpc) is 2.76. The van der Waals surface area contributed by atoms with Crippen molar-refractivity contribution in [2.45, 2.75) is 20.3 Å². The number of nitrogens with one attached hydrogen (secondary N) is 3. The van der Waals surface area contributed by atoms with Crippen molar-refractivity contribution in [2.24, 2.45) is 0 Å². The molecule has 0 amide bonds. The summed E-state index contributed by atoms with van der Waals surface area (Å²) in [5.41, 5.74) is 1.15. The van der Waals surface area contributed by atoms with E-state index in [2.05, 4.69) is 25.3 Å². The number of aromatic amines is 2. The summed E-state index contributed by atoms with van der Waals surface area (Å²) in [7, 11) is 0. The summed E-state index contributed by atoms with van der Waals surface area (Å²) < 4.78 is 0. The average molecular weight is 278 g/mol. The van der Waals surface area contributed by atoms with Crippen LogP contribution in [0.1, 0.15) is 17.3 Å². The minimum absolute atomic E-state index is 0. The van der Waals surface area contributed by atoms with Crippen molar-refractivity contribution in [1.82, 2.24) is 19.9 Å². The molecular formula is C10H17Cl2N5. The van der Waals surface area contributed by atoms with Crippen molar-refractivity contribution in [2.75, 3.05) is 11.9 Å².